The largest absolute Gasteiger partial charge is 0.480 e. The molecule has 2 aliphatic rings. The number of nitrogens with one attached hydrogen (secondary N) is 6. The van der Waals surface area contributed by atoms with E-state index in [4.69, 9.17) is 16.3 Å². The number of benzene rings is 2. The Morgan fingerprint density at radius 2 is 1.51 bits per heavy atom. The number of ether oxygens (including phenoxy) is 1. The number of anilines is 3. The first-order valence-electron chi connectivity index (χ1n) is 19.0. The number of carbonyl (C=O) groups excluding carboxylic acids is 4. The summed E-state index contributed by atoms with van der Waals surface area (Å²) in [4.78, 5) is 74.4. The Bertz CT molecular complexity index is 1990. The van der Waals surface area contributed by atoms with Crippen molar-refractivity contribution >= 4 is 58.8 Å². The Kier molecular flexibility index (Phi) is 14.2. The summed E-state index contributed by atoms with van der Waals surface area (Å²) in [6.07, 6.45) is 0.146. The summed E-state index contributed by atoms with van der Waals surface area (Å²) >= 11 is 6.03. The summed E-state index contributed by atoms with van der Waals surface area (Å²) in [5, 5.41) is 26.4. The second-order valence-corrected chi connectivity index (χ2v) is 16.3. The normalized spacial score (nSPS) is 17.7. The molecule has 2 aromatic carbocycles. The van der Waals surface area contributed by atoms with Crippen molar-refractivity contribution in [2.45, 2.75) is 89.5 Å². The van der Waals surface area contributed by atoms with E-state index in [2.05, 4.69) is 46.9 Å². The number of carboxylic acid groups (broad SMARTS) is 1. The van der Waals surface area contributed by atoms with Crippen LogP contribution >= 0.6 is 11.6 Å². The van der Waals surface area contributed by atoms with Crippen LogP contribution in [0.15, 0.2) is 48.5 Å². The van der Waals surface area contributed by atoms with Crippen LogP contribution in [-0.2, 0) is 24.7 Å². The van der Waals surface area contributed by atoms with E-state index in [1.54, 1.807) is 12.1 Å². The Hall–Kier alpha value is -5.72. The van der Waals surface area contributed by atoms with Crippen LogP contribution in [0.25, 0.3) is 0 Å². The summed E-state index contributed by atoms with van der Waals surface area (Å²) in [5.41, 5.74) is 0.525. The lowest BCUT2D eigenvalue weighted by Gasteiger charge is -2.30. The Labute approximate surface area is 343 Å². The topological polar surface area (TPSA) is 226 Å². The lowest BCUT2D eigenvalue weighted by atomic mass is 9.85. The molecule has 0 unspecified atom stereocenters. The predicted molar refractivity (Wildman–Crippen MR) is 210 cm³/mol. The molecule has 0 spiro atoms. The van der Waals surface area contributed by atoms with Crippen LogP contribution < -0.4 is 36.6 Å². The zero-order chi connectivity index (χ0) is 43.0. The molecule has 16 nitrogen and oxygen atoms in total. The summed E-state index contributed by atoms with van der Waals surface area (Å²) in [5.74, 6) is -4.39. The molecule has 1 aromatic heterocycles. The lowest BCUT2D eigenvalue weighted by molar-refractivity contribution is -0.154. The van der Waals surface area contributed by atoms with Crippen molar-refractivity contribution in [3.8, 4) is 6.01 Å². The van der Waals surface area contributed by atoms with Gasteiger partial charge >= 0.3 is 30.0 Å². The van der Waals surface area contributed by atoms with Gasteiger partial charge in [0.25, 0.3) is 5.91 Å². The molecule has 4 amide bonds. The number of rotatable bonds is 16. The molecule has 1 heterocycles. The maximum Gasteiger partial charge on any atom is 0.422 e. The van der Waals surface area contributed by atoms with E-state index in [0.717, 1.165) is 31.2 Å². The van der Waals surface area contributed by atoms with E-state index in [1.807, 2.05) is 32.9 Å². The first-order chi connectivity index (χ1) is 27.8. The number of carboxylic acids is 1. The van der Waals surface area contributed by atoms with Gasteiger partial charge in [-0.2, -0.15) is 28.1 Å². The van der Waals surface area contributed by atoms with Gasteiger partial charge in [0, 0.05) is 41.8 Å². The molecule has 2 aliphatic carbocycles. The molecule has 2 saturated carbocycles. The van der Waals surface area contributed by atoms with Crippen LogP contribution in [0.4, 0.5) is 30.8 Å². The van der Waals surface area contributed by atoms with Crippen molar-refractivity contribution in [1.82, 2.24) is 36.2 Å². The van der Waals surface area contributed by atoms with Gasteiger partial charge in [-0.3, -0.25) is 19.2 Å². The molecule has 5 rings (SSSR count). The standard InChI is InChI=1S/C39H47ClF3N9O7/c1-37(2,3)18-29(53)46-26-12-4-22(5-13-26)19-44-31(55)32(56)45-20-28(33(57)58)48-30(54)23-6-14-27(15-7-23)47-34-49-35(51-36(50-34)59-21-39(41,42)43)52-38(16-17-38)24-8-10-25(40)11-9-24/h6-11,14-15,22,26,28H,4-5,12-13,16-21H2,1-3H3,(H,44,55)(H,45,56)(H,46,53)(H,48,54)(H,57,58)(H2,47,49,50,51,52)/t22?,26?,28-/m0/s1. The molecule has 7 N–H and O–H groups in total. The van der Waals surface area contributed by atoms with E-state index < -0.39 is 60.6 Å². The van der Waals surface area contributed by atoms with Gasteiger partial charge < -0.3 is 41.7 Å². The number of aliphatic carboxylic acids is 1. The molecular formula is C39H47ClF3N9O7. The van der Waals surface area contributed by atoms with Gasteiger partial charge in [0.15, 0.2) is 6.61 Å². The maximum absolute atomic E-state index is 13.0. The Morgan fingerprint density at radius 1 is 0.881 bits per heavy atom. The number of hydrogen-bond acceptors (Lipinski definition) is 11. The summed E-state index contributed by atoms with van der Waals surface area (Å²) in [7, 11) is 0. The highest BCUT2D eigenvalue weighted by atomic mass is 35.5. The fraction of sp³-hybridized carbons (Fsp3) is 0.487. The average molecular weight is 846 g/mol. The van der Waals surface area contributed by atoms with Gasteiger partial charge in [-0.05, 0) is 91.8 Å². The highest BCUT2D eigenvalue weighted by molar-refractivity contribution is 6.35. The van der Waals surface area contributed by atoms with Crippen molar-refractivity contribution in [3.63, 3.8) is 0 Å². The first kappa shape index (κ1) is 44.4. The van der Waals surface area contributed by atoms with Gasteiger partial charge in [-0.25, -0.2) is 4.79 Å². The van der Waals surface area contributed by atoms with Crippen molar-refractivity contribution in [3.05, 3.63) is 64.7 Å². The number of alkyl halides is 3. The molecule has 20 heteroatoms. The number of nitrogens with zero attached hydrogens (tertiary/aromatic N) is 3. The van der Waals surface area contributed by atoms with Crippen LogP contribution in [0.2, 0.25) is 5.02 Å². The second kappa shape index (κ2) is 18.9. The Morgan fingerprint density at radius 3 is 2.10 bits per heavy atom. The SMILES string of the molecule is CC(C)(C)CC(=O)NC1CCC(CNC(=O)C(=O)NC[C@H](NC(=O)c2ccc(Nc3nc(NC4(c5ccc(Cl)cc5)CC4)nc(OCC(F)(F)F)n3)cc2)C(=O)O)CC1. The molecule has 1 atom stereocenters. The number of hydrogen-bond donors (Lipinski definition) is 7. The molecule has 3 aromatic rings. The fourth-order valence-corrected chi connectivity index (χ4v) is 6.54. The third-order valence-electron chi connectivity index (χ3n) is 9.61. The molecule has 0 aliphatic heterocycles. The summed E-state index contributed by atoms with van der Waals surface area (Å²) in [6.45, 7) is 4.00. The minimum Gasteiger partial charge on any atom is -0.480 e. The van der Waals surface area contributed by atoms with Gasteiger partial charge in [0.2, 0.25) is 17.8 Å². The van der Waals surface area contributed by atoms with Crippen molar-refractivity contribution in [1.29, 1.82) is 0 Å². The third kappa shape index (κ3) is 14.0. The van der Waals surface area contributed by atoms with Crippen molar-refractivity contribution in [2.24, 2.45) is 11.3 Å². The van der Waals surface area contributed by atoms with E-state index >= 15 is 0 Å². The highest BCUT2D eigenvalue weighted by Crippen LogP contribution is 2.48. The molecule has 2 fully saturated rings. The van der Waals surface area contributed by atoms with E-state index in [1.165, 1.54) is 24.3 Å². The van der Waals surface area contributed by atoms with E-state index in [0.29, 0.717) is 30.0 Å². The van der Waals surface area contributed by atoms with Gasteiger partial charge in [0.1, 0.15) is 6.04 Å². The monoisotopic (exact) mass is 845 g/mol. The number of halogens is 4. The zero-order valence-electron chi connectivity index (χ0n) is 32.7. The van der Waals surface area contributed by atoms with Gasteiger partial charge in [-0.1, -0.05) is 44.5 Å². The lowest BCUT2D eigenvalue weighted by Crippen LogP contribution is -2.51. The van der Waals surface area contributed by atoms with Gasteiger partial charge in [0.05, 0.1) is 5.54 Å². The molecule has 0 radical (unpaired) electrons. The van der Waals surface area contributed by atoms with E-state index in [-0.39, 0.29) is 47.3 Å². The summed E-state index contributed by atoms with van der Waals surface area (Å²) < 4.78 is 43.7. The minimum atomic E-state index is -4.65. The fourth-order valence-electron chi connectivity index (χ4n) is 6.41. The first-order valence-corrected chi connectivity index (χ1v) is 19.4. The zero-order valence-corrected chi connectivity index (χ0v) is 33.4. The van der Waals surface area contributed by atoms with Crippen LogP contribution in [0.5, 0.6) is 6.01 Å². The number of aromatic nitrogens is 3. The quantitative estimate of drug-likeness (QED) is 0.0963. The second-order valence-electron chi connectivity index (χ2n) is 15.9. The Balaban J connectivity index is 1.11. The predicted octanol–water partition coefficient (Wildman–Crippen LogP) is 4.84. The average Bonchev–Trinajstić information content (AvgIpc) is 3.94. The molecular weight excluding hydrogens is 799 g/mol. The van der Waals surface area contributed by atoms with E-state index in [9.17, 15) is 42.3 Å². The van der Waals surface area contributed by atoms with Gasteiger partial charge in [-0.15, -0.1) is 0 Å². The molecule has 0 bridgehead atoms. The van der Waals surface area contributed by atoms with Crippen LogP contribution in [0, 0.1) is 11.3 Å². The number of carbonyl (C=O) groups is 5. The smallest absolute Gasteiger partial charge is 0.422 e. The van der Waals surface area contributed by atoms with Crippen molar-refractivity contribution < 1.29 is 47.0 Å². The van der Waals surface area contributed by atoms with Crippen LogP contribution in [-0.4, -0.2) is 87.6 Å². The maximum atomic E-state index is 13.0. The third-order valence-corrected chi connectivity index (χ3v) is 9.86. The molecule has 59 heavy (non-hydrogen) atoms. The summed E-state index contributed by atoms with van der Waals surface area (Å²) in [6, 6.07) is 10.5. The molecule has 318 valence electrons. The van der Waals surface area contributed by atoms with Crippen LogP contribution in [0.3, 0.4) is 0 Å². The van der Waals surface area contributed by atoms with Crippen molar-refractivity contribution in [2.75, 3.05) is 30.3 Å². The van der Waals surface area contributed by atoms with Crippen LogP contribution in [0.1, 0.15) is 81.6 Å². The number of amides is 4. The minimum absolute atomic E-state index is 0.00469. The molecule has 0 saturated heterocycles. The highest BCUT2D eigenvalue weighted by Gasteiger charge is 2.45.